The number of carbonyl (C=O) groups excluding carboxylic acids is 2. The fraction of sp³-hybridized carbons (Fsp3) is 0.500. The molecule has 1 aromatic heterocycles. The van der Waals surface area contributed by atoms with Crippen LogP contribution in [0.2, 0.25) is 0 Å². The van der Waals surface area contributed by atoms with E-state index in [1.807, 2.05) is 59.7 Å². The van der Waals surface area contributed by atoms with Gasteiger partial charge in [-0.3, -0.25) is 9.59 Å². The van der Waals surface area contributed by atoms with Gasteiger partial charge in [-0.05, 0) is 32.3 Å². The number of likely N-dealkylation sites (tertiary alicyclic amines) is 1. The van der Waals surface area contributed by atoms with E-state index >= 15 is 0 Å². The largest absolute Gasteiger partial charge is 0.342 e. The molecule has 6 heteroatoms. The molecule has 2 amide bonds. The Labute approximate surface area is 167 Å². The Kier molecular flexibility index (Phi) is 6.49. The minimum atomic E-state index is -0.142. The molecular formula is C22H30N4O2. The zero-order valence-corrected chi connectivity index (χ0v) is 17.0. The quantitative estimate of drug-likeness (QED) is 0.740. The van der Waals surface area contributed by atoms with Crippen molar-refractivity contribution >= 4 is 11.8 Å². The van der Waals surface area contributed by atoms with Crippen LogP contribution >= 0.6 is 0 Å². The number of nitrogens with zero attached hydrogens (tertiary/aromatic N) is 4. The first kappa shape index (κ1) is 20.1. The molecule has 0 aliphatic carbocycles. The predicted octanol–water partition coefficient (Wildman–Crippen LogP) is 2.64. The molecule has 1 fully saturated rings. The summed E-state index contributed by atoms with van der Waals surface area (Å²) in [6, 6.07) is 10.2. The van der Waals surface area contributed by atoms with Gasteiger partial charge in [0, 0.05) is 45.0 Å². The standard InChI is InChI=1S/C22H30N4O2/c1-17(2)26(16-20-23-12-14-24(20)3)22(28)19-9-10-21(27)25(15-19)13-11-18-7-5-4-6-8-18/h4-8,12,14,17,19H,9-11,13,15-16H2,1-3H3/t19-/m0/s1. The molecule has 2 aromatic rings. The molecule has 2 heterocycles. The Bertz CT molecular complexity index is 800. The lowest BCUT2D eigenvalue weighted by molar-refractivity contribution is -0.144. The van der Waals surface area contributed by atoms with Crippen molar-refractivity contribution in [3.63, 3.8) is 0 Å². The van der Waals surface area contributed by atoms with Crippen LogP contribution in [0.3, 0.4) is 0 Å². The zero-order valence-electron chi connectivity index (χ0n) is 17.0. The highest BCUT2D eigenvalue weighted by Crippen LogP contribution is 2.22. The van der Waals surface area contributed by atoms with E-state index in [1.165, 1.54) is 5.56 Å². The van der Waals surface area contributed by atoms with Crippen LogP contribution in [-0.4, -0.2) is 50.3 Å². The molecule has 3 rings (SSSR count). The molecule has 150 valence electrons. The van der Waals surface area contributed by atoms with E-state index in [0.29, 0.717) is 32.5 Å². The van der Waals surface area contributed by atoms with E-state index in [4.69, 9.17) is 0 Å². The average Bonchev–Trinajstić information content (AvgIpc) is 3.10. The van der Waals surface area contributed by atoms with Gasteiger partial charge in [0.05, 0.1) is 12.5 Å². The third-order valence-corrected chi connectivity index (χ3v) is 5.50. The third-order valence-electron chi connectivity index (χ3n) is 5.50. The van der Waals surface area contributed by atoms with Crippen LogP contribution in [0.15, 0.2) is 42.7 Å². The van der Waals surface area contributed by atoms with Gasteiger partial charge in [-0.1, -0.05) is 30.3 Å². The second kappa shape index (κ2) is 9.04. The number of rotatable bonds is 7. The van der Waals surface area contributed by atoms with E-state index in [2.05, 4.69) is 17.1 Å². The molecule has 6 nitrogen and oxygen atoms in total. The van der Waals surface area contributed by atoms with Crippen molar-refractivity contribution in [2.45, 2.75) is 45.7 Å². The molecule has 28 heavy (non-hydrogen) atoms. The fourth-order valence-electron chi connectivity index (χ4n) is 3.69. The van der Waals surface area contributed by atoms with Crippen molar-refractivity contribution in [3.05, 3.63) is 54.1 Å². The summed E-state index contributed by atoms with van der Waals surface area (Å²) < 4.78 is 1.94. The van der Waals surface area contributed by atoms with Crippen LogP contribution in [0.25, 0.3) is 0 Å². The Morgan fingerprint density at radius 1 is 1.29 bits per heavy atom. The number of hydrogen-bond donors (Lipinski definition) is 0. The monoisotopic (exact) mass is 382 g/mol. The molecule has 0 N–H and O–H groups in total. The van der Waals surface area contributed by atoms with Crippen LogP contribution in [-0.2, 0) is 29.6 Å². The number of benzene rings is 1. The summed E-state index contributed by atoms with van der Waals surface area (Å²) >= 11 is 0. The normalized spacial score (nSPS) is 17.2. The first-order chi connectivity index (χ1) is 13.5. The molecule has 0 unspecified atom stereocenters. The van der Waals surface area contributed by atoms with Crippen molar-refractivity contribution in [1.82, 2.24) is 19.4 Å². The van der Waals surface area contributed by atoms with Gasteiger partial charge in [0.15, 0.2) is 0 Å². The van der Waals surface area contributed by atoms with Gasteiger partial charge in [0.25, 0.3) is 0 Å². The number of hydrogen-bond acceptors (Lipinski definition) is 3. The molecule has 0 radical (unpaired) electrons. The third kappa shape index (κ3) is 4.80. The number of amides is 2. The highest BCUT2D eigenvalue weighted by atomic mass is 16.2. The Hall–Kier alpha value is -2.63. The summed E-state index contributed by atoms with van der Waals surface area (Å²) in [7, 11) is 1.94. The second-order valence-electron chi connectivity index (χ2n) is 7.83. The van der Waals surface area contributed by atoms with Gasteiger partial charge in [-0.25, -0.2) is 4.98 Å². The minimum absolute atomic E-state index is 0.0830. The maximum atomic E-state index is 13.3. The fourth-order valence-corrected chi connectivity index (χ4v) is 3.69. The van der Waals surface area contributed by atoms with Crippen molar-refractivity contribution < 1.29 is 9.59 Å². The summed E-state index contributed by atoms with van der Waals surface area (Å²) in [5, 5.41) is 0. The van der Waals surface area contributed by atoms with Crippen LogP contribution in [0.1, 0.15) is 38.1 Å². The molecular weight excluding hydrogens is 352 g/mol. The van der Waals surface area contributed by atoms with Crippen LogP contribution in [0.4, 0.5) is 0 Å². The summed E-state index contributed by atoms with van der Waals surface area (Å²) in [5.41, 5.74) is 1.21. The number of imidazole rings is 1. The summed E-state index contributed by atoms with van der Waals surface area (Å²) in [4.78, 5) is 33.7. The number of piperidine rings is 1. The SMILES string of the molecule is CC(C)N(Cc1nccn1C)C(=O)[C@H]1CCC(=O)N(CCc2ccccc2)C1. The van der Waals surface area contributed by atoms with Crippen LogP contribution in [0.5, 0.6) is 0 Å². The average molecular weight is 383 g/mol. The number of aryl methyl sites for hydroxylation is 1. The van der Waals surface area contributed by atoms with Gasteiger partial charge in [0.1, 0.15) is 5.82 Å². The molecule has 1 aromatic carbocycles. The van der Waals surface area contributed by atoms with E-state index in [0.717, 1.165) is 12.2 Å². The first-order valence-corrected chi connectivity index (χ1v) is 10.0. The van der Waals surface area contributed by atoms with Crippen molar-refractivity contribution in [2.24, 2.45) is 13.0 Å². The highest BCUT2D eigenvalue weighted by Gasteiger charge is 2.33. The molecule has 1 atom stereocenters. The van der Waals surface area contributed by atoms with E-state index in [1.54, 1.807) is 6.20 Å². The molecule has 1 saturated heterocycles. The van der Waals surface area contributed by atoms with Crippen LogP contribution in [0, 0.1) is 5.92 Å². The Balaban J connectivity index is 1.64. The molecule has 0 spiro atoms. The Morgan fingerprint density at radius 2 is 2.04 bits per heavy atom. The van der Waals surface area contributed by atoms with Crippen molar-refractivity contribution in [3.8, 4) is 0 Å². The smallest absolute Gasteiger partial charge is 0.228 e. The van der Waals surface area contributed by atoms with Crippen molar-refractivity contribution in [2.75, 3.05) is 13.1 Å². The lowest BCUT2D eigenvalue weighted by Gasteiger charge is -2.36. The Morgan fingerprint density at radius 3 is 2.68 bits per heavy atom. The lowest BCUT2D eigenvalue weighted by atomic mass is 9.95. The van der Waals surface area contributed by atoms with Crippen LogP contribution < -0.4 is 0 Å². The molecule has 1 aliphatic rings. The van der Waals surface area contributed by atoms with Gasteiger partial charge in [0.2, 0.25) is 11.8 Å². The molecule has 1 aliphatic heterocycles. The van der Waals surface area contributed by atoms with Crippen molar-refractivity contribution in [1.29, 1.82) is 0 Å². The number of carbonyl (C=O) groups is 2. The second-order valence-corrected chi connectivity index (χ2v) is 7.83. The van der Waals surface area contributed by atoms with Gasteiger partial charge in [-0.15, -0.1) is 0 Å². The minimum Gasteiger partial charge on any atom is -0.342 e. The van der Waals surface area contributed by atoms with E-state index in [-0.39, 0.29) is 23.8 Å². The number of aromatic nitrogens is 2. The maximum Gasteiger partial charge on any atom is 0.228 e. The maximum absolute atomic E-state index is 13.3. The highest BCUT2D eigenvalue weighted by molar-refractivity contribution is 5.84. The lowest BCUT2D eigenvalue weighted by Crippen LogP contribution is -2.49. The first-order valence-electron chi connectivity index (χ1n) is 10.0. The predicted molar refractivity (Wildman–Crippen MR) is 108 cm³/mol. The van der Waals surface area contributed by atoms with Gasteiger partial charge in [-0.2, -0.15) is 0 Å². The molecule has 0 bridgehead atoms. The van der Waals surface area contributed by atoms with E-state index in [9.17, 15) is 9.59 Å². The summed E-state index contributed by atoms with van der Waals surface area (Å²) in [5.74, 6) is 1.00. The zero-order chi connectivity index (χ0) is 20.1. The van der Waals surface area contributed by atoms with E-state index < -0.39 is 0 Å². The summed E-state index contributed by atoms with van der Waals surface area (Å²) in [6.45, 7) is 5.72. The van der Waals surface area contributed by atoms with Gasteiger partial charge < -0.3 is 14.4 Å². The summed E-state index contributed by atoms with van der Waals surface area (Å²) in [6.07, 6.45) is 5.53. The van der Waals surface area contributed by atoms with Gasteiger partial charge >= 0.3 is 0 Å². The molecule has 0 saturated carbocycles. The topological polar surface area (TPSA) is 58.4 Å².